The predicted molar refractivity (Wildman–Crippen MR) is 36.6 cm³/mol. The molecule has 0 saturated carbocycles. The molecular weight excluding hydrogens is 100 g/mol. The SMILES string of the molecule is C=CN=CN(C)C=C. The molecule has 0 heterocycles. The maximum Gasteiger partial charge on any atom is 0.0941 e. The number of hydrogen-bond acceptors (Lipinski definition) is 1. The van der Waals surface area contributed by atoms with Crippen LogP contribution in [0.1, 0.15) is 0 Å². The van der Waals surface area contributed by atoms with Crippen LogP contribution in [0, 0.1) is 0 Å². The summed E-state index contributed by atoms with van der Waals surface area (Å²) in [6.07, 6.45) is 4.76. The second-order valence-corrected chi connectivity index (χ2v) is 1.30. The first kappa shape index (κ1) is 6.95. The van der Waals surface area contributed by atoms with E-state index in [2.05, 4.69) is 18.2 Å². The number of nitrogens with zero attached hydrogens (tertiary/aromatic N) is 2. The molecule has 2 nitrogen and oxygen atoms in total. The Labute approximate surface area is 49.8 Å². The molecule has 0 aromatic carbocycles. The molecule has 0 aliphatic heterocycles. The van der Waals surface area contributed by atoms with Gasteiger partial charge >= 0.3 is 0 Å². The Morgan fingerprint density at radius 2 is 2.12 bits per heavy atom. The molecule has 0 radical (unpaired) electrons. The molecule has 0 unspecified atom stereocenters. The van der Waals surface area contributed by atoms with Crippen molar-refractivity contribution < 1.29 is 0 Å². The zero-order valence-corrected chi connectivity index (χ0v) is 5.04. The molecule has 0 fully saturated rings. The van der Waals surface area contributed by atoms with Gasteiger partial charge in [-0.2, -0.15) is 0 Å². The van der Waals surface area contributed by atoms with E-state index in [9.17, 15) is 0 Å². The fraction of sp³-hybridized carbons (Fsp3) is 0.167. The molecule has 0 aromatic heterocycles. The molecule has 0 aliphatic carbocycles. The zero-order valence-electron chi connectivity index (χ0n) is 5.04. The van der Waals surface area contributed by atoms with Crippen LogP contribution in [-0.4, -0.2) is 18.3 Å². The van der Waals surface area contributed by atoms with Crippen LogP contribution in [-0.2, 0) is 0 Å². The van der Waals surface area contributed by atoms with Crippen LogP contribution in [0.2, 0.25) is 0 Å². The number of rotatable bonds is 3. The van der Waals surface area contributed by atoms with E-state index in [1.54, 1.807) is 17.4 Å². The van der Waals surface area contributed by atoms with Gasteiger partial charge in [-0.05, 0) is 6.20 Å². The predicted octanol–water partition coefficient (Wildman–Crippen LogP) is 1.23. The van der Waals surface area contributed by atoms with Crippen molar-refractivity contribution in [2.75, 3.05) is 7.05 Å². The first-order valence-corrected chi connectivity index (χ1v) is 2.30. The van der Waals surface area contributed by atoms with Crippen molar-refractivity contribution in [2.24, 2.45) is 4.99 Å². The van der Waals surface area contributed by atoms with Crippen molar-refractivity contribution in [3.05, 3.63) is 25.6 Å². The standard InChI is InChI=1S/C6H10N2/c1-4-7-6-8(3)5-2/h4-6H,1-2H2,3H3. The van der Waals surface area contributed by atoms with E-state index in [-0.39, 0.29) is 0 Å². The van der Waals surface area contributed by atoms with Crippen molar-refractivity contribution in [3.63, 3.8) is 0 Å². The third kappa shape index (κ3) is 3.15. The van der Waals surface area contributed by atoms with E-state index in [4.69, 9.17) is 0 Å². The third-order valence-corrected chi connectivity index (χ3v) is 0.642. The van der Waals surface area contributed by atoms with Crippen LogP contribution in [0.15, 0.2) is 30.6 Å². The summed E-state index contributed by atoms with van der Waals surface area (Å²) < 4.78 is 0. The Bertz CT molecular complexity index is 105. The van der Waals surface area contributed by atoms with Crippen LogP contribution in [0.4, 0.5) is 0 Å². The fourth-order valence-corrected chi connectivity index (χ4v) is 0.199. The highest BCUT2D eigenvalue weighted by Gasteiger charge is 1.73. The van der Waals surface area contributed by atoms with Gasteiger partial charge in [0.2, 0.25) is 0 Å². The summed E-state index contributed by atoms with van der Waals surface area (Å²) >= 11 is 0. The summed E-state index contributed by atoms with van der Waals surface area (Å²) in [5.74, 6) is 0. The van der Waals surface area contributed by atoms with Gasteiger partial charge in [-0.3, -0.25) is 0 Å². The van der Waals surface area contributed by atoms with E-state index >= 15 is 0 Å². The highest BCUT2D eigenvalue weighted by molar-refractivity contribution is 5.56. The fourth-order valence-electron chi connectivity index (χ4n) is 0.199. The topological polar surface area (TPSA) is 15.6 Å². The molecule has 2 heteroatoms. The van der Waals surface area contributed by atoms with Crippen LogP contribution in [0.3, 0.4) is 0 Å². The molecule has 0 atom stereocenters. The lowest BCUT2D eigenvalue weighted by Crippen LogP contribution is -2.04. The molecule has 0 rings (SSSR count). The first-order valence-electron chi connectivity index (χ1n) is 2.30. The van der Waals surface area contributed by atoms with Crippen molar-refractivity contribution in [1.29, 1.82) is 0 Å². The van der Waals surface area contributed by atoms with E-state index in [1.807, 2.05) is 7.05 Å². The smallest absolute Gasteiger partial charge is 0.0941 e. The normalized spacial score (nSPS) is 9.12. The molecule has 0 spiro atoms. The minimum atomic E-state index is 1.47. The van der Waals surface area contributed by atoms with Gasteiger partial charge in [0, 0.05) is 13.2 Å². The van der Waals surface area contributed by atoms with Crippen LogP contribution in [0.5, 0.6) is 0 Å². The second kappa shape index (κ2) is 4.12. The summed E-state index contributed by atoms with van der Waals surface area (Å²) in [6, 6.07) is 0. The van der Waals surface area contributed by atoms with Gasteiger partial charge in [-0.1, -0.05) is 13.2 Å². The van der Waals surface area contributed by atoms with E-state index in [1.165, 1.54) is 6.20 Å². The maximum atomic E-state index is 3.74. The number of aliphatic imine (C=N–C) groups is 1. The van der Waals surface area contributed by atoms with Gasteiger partial charge in [0.05, 0.1) is 6.34 Å². The second-order valence-electron chi connectivity index (χ2n) is 1.30. The summed E-state index contributed by atoms with van der Waals surface area (Å²) in [6.45, 7) is 6.92. The van der Waals surface area contributed by atoms with Gasteiger partial charge in [0.15, 0.2) is 0 Å². The minimum Gasteiger partial charge on any atom is -0.343 e. The Morgan fingerprint density at radius 1 is 1.50 bits per heavy atom. The quantitative estimate of drug-likeness (QED) is 0.394. The van der Waals surface area contributed by atoms with Crippen LogP contribution >= 0.6 is 0 Å². The van der Waals surface area contributed by atoms with Gasteiger partial charge < -0.3 is 4.90 Å². The molecule has 0 N–H and O–H groups in total. The molecule has 0 saturated heterocycles. The van der Waals surface area contributed by atoms with Crippen molar-refractivity contribution in [1.82, 2.24) is 4.90 Å². The summed E-state index contributed by atoms with van der Waals surface area (Å²) in [5, 5.41) is 0. The third-order valence-electron chi connectivity index (χ3n) is 0.642. The lowest BCUT2D eigenvalue weighted by molar-refractivity contribution is 0.713. The highest BCUT2D eigenvalue weighted by atomic mass is 15.1. The van der Waals surface area contributed by atoms with Crippen molar-refractivity contribution in [2.45, 2.75) is 0 Å². The lowest BCUT2D eigenvalue weighted by atomic mass is 10.8. The summed E-state index contributed by atoms with van der Waals surface area (Å²) in [7, 11) is 1.85. The molecule has 0 aliphatic rings. The number of hydrogen-bond donors (Lipinski definition) is 0. The van der Waals surface area contributed by atoms with Gasteiger partial charge in [-0.15, -0.1) is 0 Å². The summed E-state index contributed by atoms with van der Waals surface area (Å²) in [4.78, 5) is 5.47. The van der Waals surface area contributed by atoms with Crippen molar-refractivity contribution >= 4 is 6.34 Å². The van der Waals surface area contributed by atoms with Gasteiger partial charge in [-0.25, -0.2) is 4.99 Å². The summed E-state index contributed by atoms with van der Waals surface area (Å²) in [5.41, 5.74) is 0. The van der Waals surface area contributed by atoms with Crippen LogP contribution < -0.4 is 0 Å². The van der Waals surface area contributed by atoms with Gasteiger partial charge in [0.25, 0.3) is 0 Å². The molecule has 8 heavy (non-hydrogen) atoms. The van der Waals surface area contributed by atoms with Crippen LogP contribution in [0.25, 0.3) is 0 Å². The van der Waals surface area contributed by atoms with E-state index < -0.39 is 0 Å². The first-order chi connectivity index (χ1) is 3.81. The zero-order chi connectivity index (χ0) is 6.41. The van der Waals surface area contributed by atoms with Crippen molar-refractivity contribution in [3.8, 4) is 0 Å². The minimum absolute atomic E-state index is 1.47. The Hall–Kier alpha value is -1.05. The Kier molecular flexibility index (Phi) is 3.58. The molecule has 0 bridgehead atoms. The maximum absolute atomic E-state index is 3.74. The molecular formula is C6H10N2. The molecule has 44 valence electrons. The Morgan fingerprint density at radius 3 is 2.50 bits per heavy atom. The molecule has 0 aromatic rings. The highest BCUT2D eigenvalue weighted by Crippen LogP contribution is 1.74. The Balaban J connectivity index is 3.50. The molecule has 0 amide bonds. The lowest BCUT2D eigenvalue weighted by Gasteiger charge is -2.01. The average Bonchev–Trinajstić information content (AvgIpc) is 1.83. The van der Waals surface area contributed by atoms with E-state index in [0.29, 0.717) is 0 Å². The largest absolute Gasteiger partial charge is 0.343 e. The monoisotopic (exact) mass is 110 g/mol. The van der Waals surface area contributed by atoms with Gasteiger partial charge in [0.1, 0.15) is 0 Å². The van der Waals surface area contributed by atoms with E-state index in [0.717, 1.165) is 0 Å². The average molecular weight is 110 g/mol.